The molecule has 0 saturated carbocycles. The minimum absolute atomic E-state index is 0. The number of nitrogens with two attached hydrogens (primary N) is 1. The summed E-state index contributed by atoms with van der Waals surface area (Å²) in [5.41, 5.74) is 8.78. The first-order valence-electron chi connectivity index (χ1n) is 5.57. The number of halogens is 1. The standard InChI is InChI=1S/C13H19NOS.ClH/c1-13(2)10-7-9(15)5-4-8(10)6-11(16-3)12(13)14;/h4-5,7,11-12,15H,6,14H2,1-3H3;1H/t11-,12+;/m1./s1. The van der Waals surface area contributed by atoms with Gasteiger partial charge in [-0.05, 0) is 35.9 Å². The molecule has 2 atom stereocenters. The van der Waals surface area contributed by atoms with Crippen molar-refractivity contribution in [2.45, 2.75) is 37.0 Å². The molecule has 0 amide bonds. The fourth-order valence-electron chi connectivity index (χ4n) is 2.56. The summed E-state index contributed by atoms with van der Waals surface area (Å²) in [6.07, 6.45) is 3.12. The topological polar surface area (TPSA) is 46.2 Å². The van der Waals surface area contributed by atoms with Crippen LogP contribution in [-0.4, -0.2) is 22.7 Å². The molecule has 2 nitrogen and oxygen atoms in total. The second-order valence-electron chi connectivity index (χ2n) is 5.07. The Morgan fingerprint density at radius 1 is 1.41 bits per heavy atom. The molecule has 0 saturated heterocycles. The second kappa shape index (κ2) is 5.09. The first kappa shape index (κ1) is 14.7. The van der Waals surface area contributed by atoms with Gasteiger partial charge in [0.25, 0.3) is 0 Å². The van der Waals surface area contributed by atoms with Gasteiger partial charge in [-0.25, -0.2) is 0 Å². The van der Waals surface area contributed by atoms with Gasteiger partial charge in [-0.2, -0.15) is 11.8 Å². The normalized spacial score (nSPS) is 25.9. The largest absolute Gasteiger partial charge is 0.508 e. The summed E-state index contributed by atoms with van der Waals surface area (Å²) >= 11 is 1.84. The number of hydrogen-bond acceptors (Lipinski definition) is 3. The molecule has 96 valence electrons. The zero-order valence-electron chi connectivity index (χ0n) is 10.4. The van der Waals surface area contributed by atoms with Crippen LogP contribution in [0.3, 0.4) is 0 Å². The minimum Gasteiger partial charge on any atom is -0.508 e. The number of fused-ring (bicyclic) bond motifs is 1. The van der Waals surface area contributed by atoms with E-state index in [4.69, 9.17) is 5.73 Å². The van der Waals surface area contributed by atoms with Crippen molar-refractivity contribution >= 4 is 24.2 Å². The molecule has 1 aliphatic rings. The molecular formula is C13H20ClNOS. The highest BCUT2D eigenvalue weighted by Crippen LogP contribution is 2.40. The van der Waals surface area contributed by atoms with Gasteiger partial charge in [-0.1, -0.05) is 19.9 Å². The van der Waals surface area contributed by atoms with Crippen molar-refractivity contribution in [1.82, 2.24) is 0 Å². The maximum Gasteiger partial charge on any atom is 0.115 e. The van der Waals surface area contributed by atoms with E-state index in [0.29, 0.717) is 11.0 Å². The number of benzene rings is 1. The van der Waals surface area contributed by atoms with Crippen LogP contribution in [0.15, 0.2) is 18.2 Å². The Kier molecular flexibility index (Phi) is 4.39. The average molecular weight is 274 g/mol. The van der Waals surface area contributed by atoms with Gasteiger partial charge in [0, 0.05) is 16.7 Å². The van der Waals surface area contributed by atoms with Crippen molar-refractivity contribution in [1.29, 1.82) is 0 Å². The van der Waals surface area contributed by atoms with Crippen molar-refractivity contribution in [3.8, 4) is 5.75 Å². The number of aromatic hydroxyl groups is 1. The summed E-state index contributed by atoms with van der Waals surface area (Å²) in [6.45, 7) is 4.33. The molecule has 1 aromatic carbocycles. The van der Waals surface area contributed by atoms with Gasteiger partial charge in [0.1, 0.15) is 5.75 Å². The quantitative estimate of drug-likeness (QED) is 0.827. The second-order valence-corrected chi connectivity index (χ2v) is 6.14. The maximum atomic E-state index is 9.58. The van der Waals surface area contributed by atoms with Crippen LogP contribution >= 0.6 is 24.2 Å². The van der Waals surface area contributed by atoms with E-state index in [9.17, 15) is 5.11 Å². The molecule has 1 aliphatic carbocycles. The summed E-state index contributed by atoms with van der Waals surface area (Å²) in [7, 11) is 0. The van der Waals surface area contributed by atoms with Gasteiger partial charge >= 0.3 is 0 Å². The van der Waals surface area contributed by atoms with E-state index in [0.717, 1.165) is 6.42 Å². The summed E-state index contributed by atoms with van der Waals surface area (Å²) in [6, 6.07) is 5.80. The molecule has 1 aromatic rings. The lowest BCUT2D eigenvalue weighted by Crippen LogP contribution is -2.52. The molecule has 4 heteroatoms. The van der Waals surface area contributed by atoms with Gasteiger partial charge in [0.05, 0.1) is 0 Å². The number of phenols is 1. The summed E-state index contributed by atoms with van der Waals surface area (Å²) < 4.78 is 0. The molecule has 0 unspecified atom stereocenters. The predicted molar refractivity (Wildman–Crippen MR) is 77.4 cm³/mol. The lowest BCUT2D eigenvalue weighted by molar-refractivity contribution is 0.369. The Morgan fingerprint density at radius 2 is 2.06 bits per heavy atom. The summed E-state index contributed by atoms with van der Waals surface area (Å²) in [4.78, 5) is 0. The average Bonchev–Trinajstić information content (AvgIpc) is 2.25. The number of thioether (sulfide) groups is 1. The van der Waals surface area contributed by atoms with Crippen LogP contribution in [-0.2, 0) is 11.8 Å². The van der Waals surface area contributed by atoms with E-state index in [1.807, 2.05) is 23.9 Å². The van der Waals surface area contributed by atoms with Gasteiger partial charge in [-0.15, -0.1) is 12.4 Å². The summed E-state index contributed by atoms with van der Waals surface area (Å²) in [5.74, 6) is 0.335. The Morgan fingerprint density at radius 3 is 2.65 bits per heavy atom. The number of phenolic OH excluding ortho intramolecular Hbond substituents is 1. The van der Waals surface area contributed by atoms with Crippen molar-refractivity contribution < 1.29 is 5.11 Å². The smallest absolute Gasteiger partial charge is 0.115 e. The highest BCUT2D eigenvalue weighted by atomic mass is 35.5. The van der Waals surface area contributed by atoms with Crippen LogP contribution in [0.1, 0.15) is 25.0 Å². The molecular weight excluding hydrogens is 254 g/mol. The third-order valence-electron chi connectivity index (χ3n) is 3.75. The molecule has 17 heavy (non-hydrogen) atoms. The fraction of sp³-hybridized carbons (Fsp3) is 0.538. The molecule has 2 rings (SSSR count). The van der Waals surface area contributed by atoms with Crippen molar-refractivity contribution in [3.63, 3.8) is 0 Å². The lowest BCUT2D eigenvalue weighted by Gasteiger charge is -2.42. The first-order chi connectivity index (χ1) is 7.46. The van der Waals surface area contributed by atoms with Gasteiger partial charge in [-0.3, -0.25) is 0 Å². The van der Waals surface area contributed by atoms with E-state index < -0.39 is 0 Å². The van der Waals surface area contributed by atoms with Crippen LogP contribution in [0.25, 0.3) is 0 Å². The van der Waals surface area contributed by atoms with E-state index in [-0.39, 0.29) is 23.9 Å². The van der Waals surface area contributed by atoms with Gasteiger partial charge in [0.2, 0.25) is 0 Å². The van der Waals surface area contributed by atoms with Crippen molar-refractivity contribution in [2.75, 3.05) is 6.26 Å². The zero-order chi connectivity index (χ0) is 11.9. The lowest BCUT2D eigenvalue weighted by atomic mass is 9.69. The van der Waals surface area contributed by atoms with Crippen LogP contribution in [0.4, 0.5) is 0 Å². The highest BCUT2D eigenvalue weighted by molar-refractivity contribution is 7.99. The SMILES string of the molecule is CS[C@@H]1Cc2ccc(O)cc2C(C)(C)[C@H]1N.Cl. The molecule has 0 radical (unpaired) electrons. The van der Waals surface area contributed by atoms with Crippen molar-refractivity contribution in [3.05, 3.63) is 29.3 Å². The Hall–Kier alpha value is -0.380. The van der Waals surface area contributed by atoms with E-state index in [1.165, 1.54) is 11.1 Å². The van der Waals surface area contributed by atoms with Crippen LogP contribution in [0.2, 0.25) is 0 Å². The molecule has 0 fully saturated rings. The number of rotatable bonds is 1. The zero-order valence-corrected chi connectivity index (χ0v) is 12.1. The van der Waals surface area contributed by atoms with E-state index in [2.05, 4.69) is 20.1 Å². The van der Waals surface area contributed by atoms with Gasteiger partial charge < -0.3 is 10.8 Å². The van der Waals surface area contributed by atoms with E-state index in [1.54, 1.807) is 6.07 Å². The third-order valence-corrected chi connectivity index (χ3v) is 4.81. The van der Waals surface area contributed by atoms with Crippen LogP contribution < -0.4 is 5.73 Å². The molecule has 0 aromatic heterocycles. The molecule has 0 heterocycles. The molecule has 0 bridgehead atoms. The monoisotopic (exact) mass is 273 g/mol. The Balaban J connectivity index is 0.00000144. The van der Waals surface area contributed by atoms with E-state index >= 15 is 0 Å². The fourth-order valence-corrected chi connectivity index (χ4v) is 3.54. The van der Waals surface area contributed by atoms with Gasteiger partial charge in [0.15, 0.2) is 0 Å². The Bertz CT molecular complexity index is 408. The predicted octanol–water partition coefficient (Wildman–Crippen LogP) is 2.71. The number of hydrogen-bond donors (Lipinski definition) is 2. The Labute approximate surface area is 113 Å². The minimum atomic E-state index is -0.0694. The summed E-state index contributed by atoms with van der Waals surface area (Å²) in [5, 5.41) is 10.0. The first-order valence-corrected chi connectivity index (χ1v) is 6.86. The van der Waals surface area contributed by atoms with Crippen molar-refractivity contribution in [2.24, 2.45) is 5.73 Å². The molecule has 0 aliphatic heterocycles. The van der Waals surface area contributed by atoms with Crippen LogP contribution in [0.5, 0.6) is 5.75 Å². The molecule has 0 spiro atoms. The highest BCUT2D eigenvalue weighted by Gasteiger charge is 2.39. The maximum absolute atomic E-state index is 9.58. The molecule has 3 N–H and O–H groups in total. The van der Waals surface area contributed by atoms with Crippen LogP contribution in [0, 0.1) is 0 Å². The third kappa shape index (κ3) is 2.42.